The van der Waals surface area contributed by atoms with E-state index in [-0.39, 0.29) is 6.54 Å². The first-order chi connectivity index (χ1) is 12.4. The number of nitrogens with two attached hydrogens (primary N) is 1. The number of rotatable bonds is 6. The minimum absolute atomic E-state index is 0.299. The molecule has 3 rings (SSSR count). The molecule has 0 aromatic heterocycles. The van der Waals surface area contributed by atoms with Gasteiger partial charge < -0.3 is 10.8 Å². The van der Waals surface area contributed by atoms with Gasteiger partial charge in [0.1, 0.15) is 6.54 Å². The summed E-state index contributed by atoms with van der Waals surface area (Å²) in [6.45, 7) is -0.355. The fourth-order valence-corrected chi connectivity index (χ4v) is 3.05. The zero-order valence-electron chi connectivity index (χ0n) is 14.0. The molecule has 2 amide bonds. The Morgan fingerprint density at radius 3 is 2.42 bits per heavy atom. The van der Waals surface area contributed by atoms with Gasteiger partial charge in [-0.2, -0.15) is 0 Å². The Kier molecular flexibility index (Phi) is 4.69. The van der Waals surface area contributed by atoms with Gasteiger partial charge in [-0.15, -0.1) is 0 Å². The average Bonchev–Trinajstić information content (AvgIpc) is 2.83. The average molecular weight is 350 g/mol. The Hall–Kier alpha value is -3.25. The summed E-state index contributed by atoms with van der Waals surface area (Å²) >= 11 is 0. The number of para-hydroxylation sites is 1. The third-order valence-corrected chi connectivity index (χ3v) is 4.24. The quantitative estimate of drug-likeness (QED) is 0.769. The first kappa shape index (κ1) is 17.6. The van der Waals surface area contributed by atoms with E-state index in [4.69, 9.17) is 5.73 Å². The molecule has 1 atom stereocenters. The predicted molar refractivity (Wildman–Crippen MR) is 97.0 cm³/mol. The molecule has 132 valence electrons. The lowest BCUT2D eigenvalue weighted by Gasteiger charge is -2.21. The molecule has 6 nitrogen and oxygen atoms in total. The number of aliphatic hydroxyl groups is 1. The fraction of sp³-hybridized carbons (Fsp3) is 0.150. The van der Waals surface area contributed by atoms with Crippen LogP contribution in [0.1, 0.15) is 17.5 Å². The van der Waals surface area contributed by atoms with Crippen molar-refractivity contribution < 1.29 is 19.5 Å². The summed E-state index contributed by atoms with van der Waals surface area (Å²) in [5.74, 6) is -1.83. The highest BCUT2D eigenvalue weighted by atomic mass is 16.3. The van der Waals surface area contributed by atoms with Crippen LogP contribution in [0.25, 0.3) is 6.08 Å². The summed E-state index contributed by atoms with van der Waals surface area (Å²) in [7, 11) is 0. The first-order valence-corrected chi connectivity index (χ1v) is 8.10. The Morgan fingerprint density at radius 2 is 1.73 bits per heavy atom. The molecule has 0 aliphatic carbocycles. The molecule has 0 spiro atoms. The molecule has 6 heteroatoms. The molecule has 0 bridgehead atoms. The number of hydrogen-bond donors (Lipinski definition) is 2. The number of fused-ring (bicyclic) bond motifs is 1. The summed E-state index contributed by atoms with van der Waals surface area (Å²) in [6.07, 6.45) is 2.54. The van der Waals surface area contributed by atoms with Gasteiger partial charge in [0.25, 0.3) is 5.91 Å². The number of primary amides is 1. The van der Waals surface area contributed by atoms with Gasteiger partial charge in [-0.05, 0) is 17.7 Å². The van der Waals surface area contributed by atoms with Crippen molar-refractivity contribution >= 4 is 29.4 Å². The fourth-order valence-electron chi connectivity index (χ4n) is 3.05. The number of benzene rings is 2. The largest absolute Gasteiger partial charge is 0.375 e. The maximum atomic E-state index is 12.7. The van der Waals surface area contributed by atoms with Crippen molar-refractivity contribution in [2.24, 2.45) is 5.73 Å². The lowest BCUT2D eigenvalue weighted by molar-refractivity contribution is -0.141. The third-order valence-electron chi connectivity index (χ3n) is 4.24. The van der Waals surface area contributed by atoms with Gasteiger partial charge in [0.2, 0.25) is 5.91 Å². The molecular weight excluding hydrogens is 332 g/mol. The lowest BCUT2D eigenvalue weighted by atomic mass is 9.89. The van der Waals surface area contributed by atoms with E-state index in [9.17, 15) is 19.5 Å². The van der Waals surface area contributed by atoms with Gasteiger partial charge in [-0.3, -0.25) is 19.3 Å². The number of allylic oxidation sites excluding steroid dienone is 1. The Morgan fingerprint density at radius 1 is 1.08 bits per heavy atom. The summed E-state index contributed by atoms with van der Waals surface area (Å²) < 4.78 is 0. The van der Waals surface area contributed by atoms with Crippen LogP contribution in [0, 0.1) is 0 Å². The highest BCUT2D eigenvalue weighted by molar-refractivity contribution is 6.12. The van der Waals surface area contributed by atoms with Crippen LogP contribution in [-0.2, 0) is 20.0 Å². The van der Waals surface area contributed by atoms with E-state index in [1.54, 1.807) is 30.3 Å². The second-order valence-corrected chi connectivity index (χ2v) is 6.12. The summed E-state index contributed by atoms with van der Waals surface area (Å²) in [5.41, 5.74) is 4.71. The molecular formula is C20H18N2O4. The monoisotopic (exact) mass is 350 g/mol. The second kappa shape index (κ2) is 6.93. The summed E-state index contributed by atoms with van der Waals surface area (Å²) in [5, 5.41) is 11.0. The molecule has 3 N–H and O–H groups in total. The zero-order chi connectivity index (χ0) is 18.7. The number of ketones is 1. The van der Waals surface area contributed by atoms with Gasteiger partial charge >= 0.3 is 0 Å². The van der Waals surface area contributed by atoms with Crippen LogP contribution in [0.2, 0.25) is 0 Å². The van der Waals surface area contributed by atoms with Gasteiger partial charge in [0, 0.05) is 5.56 Å². The molecule has 26 heavy (non-hydrogen) atoms. The molecule has 1 aliphatic rings. The van der Waals surface area contributed by atoms with Crippen molar-refractivity contribution in [3.05, 3.63) is 71.8 Å². The first-order valence-electron chi connectivity index (χ1n) is 8.10. The SMILES string of the molecule is NC(=O)CN1C(=O)C(O)(CC(=O)C=Cc2ccccc2)c2ccccc21. The minimum atomic E-state index is -2.01. The zero-order valence-corrected chi connectivity index (χ0v) is 14.0. The maximum Gasteiger partial charge on any atom is 0.264 e. The molecule has 2 aromatic rings. The van der Waals surface area contributed by atoms with E-state index in [1.165, 1.54) is 6.08 Å². The number of carbonyl (C=O) groups is 3. The van der Waals surface area contributed by atoms with Crippen molar-refractivity contribution in [2.75, 3.05) is 11.4 Å². The smallest absolute Gasteiger partial charge is 0.264 e. The van der Waals surface area contributed by atoms with Crippen molar-refractivity contribution in [1.82, 2.24) is 0 Å². The number of amides is 2. The van der Waals surface area contributed by atoms with Crippen LogP contribution in [0.5, 0.6) is 0 Å². The highest BCUT2D eigenvalue weighted by Crippen LogP contribution is 2.42. The van der Waals surface area contributed by atoms with E-state index in [0.29, 0.717) is 11.3 Å². The van der Waals surface area contributed by atoms with Gasteiger partial charge in [0.05, 0.1) is 12.1 Å². The van der Waals surface area contributed by atoms with E-state index < -0.39 is 29.6 Å². The van der Waals surface area contributed by atoms with Crippen LogP contribution in [-0.4, -0.2) is 29.2 Å². The van der Waals surface area contributed by atoms with Gasteiger partial charge in [0.15, 0.2) is 11.4 Å². The van der Waals surface area contributed by atoms with Gasteiger partial charge in [-0.1, -0.05) is 54.6 Å². The molecule has 0 fully saturated rings. The third kappa shape index (κ3) is 3.27. The molecule has 1 unspecified atom stereocenters. The van der Waals surface area contributed by atoms with Crippen LogP contribution < -0.4 is 10.6 Å². The molecule has 0 saturated carbocycles. The number of carbonyl (C=O) groups excluding carboxylic acids is 3. The van der Waals surface area contributed by atoms with Crippen molar-refractivity contribution in [3.63, 3.8) is 0 Å². The van der Waals surface area contributed by atoms with Crippen LogP contribution in [0.15, 0.2) is 60.7 Å². The van der Waals surface area contributed by atoms with E-state index in [1.807, 2.05) is 30.3 Å². The van der Waals surface area contributed by atoms with Gasteiger partial charge in [-0.25, -0.2) is 0 Å². The highest BCUT2D eigenvalue weighted by Gasteiger charge is 2.50. The van der Waals surface area contributed by atoms with Crippen LogP contribution in [0.3, 0.4) is 0 Å². The Labute approximate surface area is 150 Å². The van der Waals surface area contributed by atoms with E-state index in [2.05, 4.69) is 0 Å². The second-order valence-electron chi connectivity index (χ2n) is 6.12. The molecule has 1 heterocycles. The molecule has 2 aromatic carbocycles. The van der Waals surface area contributed by atoms with Crippen LogP contribution >= 0.6 is 0 Å². The van der Waals surface area contributed by atoms with E-state index in [0.717, 1.165) is 10.5 Å². The maximum absolute atomic E-state index is 12.7. The van der Waals surface area contributed by atoms with E-state index >= 15 is 0 Å². The van der Waals surface area contributed by atoms with Crippen molar-refractivity contribution in [3.8, 4) is 0 Å². The predicted octanol–water partition coefficient (Wildman–Crippen LogP) is 1.38. The van der Waals surface area contributed by atoms with Crippen LogP contribution in [0.4, 0.5) is 5.69 Å². The number of hydrogen-bond acceptors (Lipinski definition) is 4. The Balaban J connectivity index is 1.86. The summed E-state index contributed by atoms with van der Waals surface area (Å²) in [4.78, 5) is 37.5. The molecule has 1 aliphatic heterocycles. The minimum Gasteiger partial charge on any atom is -0.375 e. The molecule has 0 radical (unpaired) electrons. The number of anilines is 1. The topological polar surface area (TPSA) is 101 Å². The Bertz CT molecular complexity index is 892. The standard InChI is InChI=1S/C20H18N2O4/c21-18(24)13-22-17-9-5-4-8-16(17)20(26,19(22)25)12-15(23)11-10-14-6-2-1-3-7-14/h1-11,26H,12-13H2,(H2,21,24). The van der Waals surface area contributed by atoms with Crippen molar-refractivity contribution in [2.45, 2.75) is 12.0 Å². The van der Waals surface area contributed by atoms with Crippen molar-refractivity contribution in [1.29, 1.82) is 0 Å². The summed E-state index contributed by atoms with van der Waals surface area (Å²) in [6, 6.07) is 15.8. The normalized spacial score (nSPS) is 19.0. The molecule has 0 saturated heterocycles. The number of nitrogens with zero attached hydrogens (tertiary/aromatic N) is 1. The lowest BCUT2D eigenvalue weighted by Crippen LogP contribution is -2.44.